The number of carbonyl (C=O) groups excluding carboxylic acids is 1. The van der Waals surface area contributed by atoms with Crippen molar-refractivity contribution in [1.82, 2.24) is 9.97 Å². The number of rotatable bonds is 6. The number of nitrogens with zero attached hydrogens (tertiary/aromatic N) is 2. The summed E-state index contributed by atoms with van der Waals surface area (Å²) >= 11 is 5.82. The van der Waals surface area contributed by atoms with E-state index in [-0.39, 0.29) is 18.0 Å². The molecule has 0 saturated carbocycles. The Morgan fingerprint density at radius 3 is 2.52 bits per heavy atom. The molecule has 5 N–H and O–H groups in total. The van der Waals surface area contributed by atoms with Crippen LogP contribution in [0.25, 0.3) is 11.3 Å². The van der Waals surface area contributed by atoms with Crippen molar-refractivity contribution in [2.45, 2.75) is 6.61 Å². The summed E-state index contributed by atoms with van der Waals surface area (Å²) in [6, 6.07) is 17.6. The van der Waals surface area contributed by atoms with Crippen LogP contribution in [-0.2, 0) is 6.61 Å². The van der Waals surface area contributed by atoms with Crippen LogP contribution < -0.4 is 21.5 Å². The Balaban J connectivity index is 1.44. The molecule has 2 aromatic carbocycles. The fourth-order valence-electron chi connectivity index (χ4n) is 2.99. The minimum absolute atomic E-state index is 0.126. The molecule has 0 atom stereocenters. The van der Waals surface area contributed by atoms with Crippen molar-refractivity contribution in [2.75, 3.05) is 16.8 Å². The molecule has 0 spiro atoms. The molecule has 4 aromatic rings. The van der Waals surface area contributed by atoms with E-state index in [9.17, 15) is 9.18 Å². The molecule has 1 amide bonds. The third-order valence-corrected chi connectivity index (χ3v) is 4.98. The molecule has 4 rings (SSSR count). The van der Waals surface area contributed by atoms with Crippen molar-refractivity contribution in [3.05, 3.63) is 95.0 Å². The lowest BCUT2D eigenvalue weighted by atomic mass is 10.1. The minimum atomic E-state index is -0.657. The number of hydrogen-bond acceptors (Lipinski definition) is 6. The maximum Gasteiger partial charge on any atom is 0.258 e. The Hall–Kier alpha value is -4.17. The number of aromatic nitrogens is 2. The van der Waals surface area contributed by atoms with Gasteiger partial charge in [-0.05, 0) is 66.7 Å². The monoisotopic (exact) mass is 463 g/mol. The van der Waals surface area contributed by atoms with Gasteiger partial charge in [-0.2, -0.15) is 0 Å². The predicted molar refractivity (Wildman–Crippen MR) is 126 cm³/mol. The molecule has 0 aliphatic heterocycles. The first kappa shape index (κ1) is 22.0. The standard InChI is InChI=1S/C24H19ClFN5O2/c25-15-2-3-17(29-12-15)13-33-18-6-4-16(5-7-18)30-24(32)19-11-14(1-8-20(19)26)22-10-9-21(27)23(28)31-22/h1-12H,13,27H2,(H2,28,31)(H,30,32). The van der Waals surface area contributed by atoms with Crippen LogP contribution in [-0.4, -0.2) is 15.9 Å². The maximum absolute atomic E-state index is 14.4. The number of hydrogen-bond donors (Lipinski definition) is 3. The molecule has 0 fully saturated rings. The predicted octanol–water partition coefficient (Wildman–Crippen LogP) is 4.93. The summed E-state index contributed by atoms with van der Waals surface area (Å²) in [6.07, 6.45) is 1.55. The smallest absolute Gasteiger partial charge is 0.258 e. The van der Waals surface area contributed by atoms with Crippen LogP contribution >= 0.6 is 11.6 Å². The first-order valence-electron chi connectivity index (χ1n) is 9.85. The normalized spacial score (nSPS) is 10.6. The van der Waals surface area contributed by atoms with E-state index in [2.05, 4.69) is 15.3 Å². The highest BCUT2D eigenvalue weighted by Crippen LogP contribution is 2.25. The SMILES string of the molecule is Nc1ccc(-c2ccc(F)c(C(=O)Nc3ccc(OCc4ccc(Cl)cn4)cc3)c2)nc1N. The van der Waals surface area contributed by atoms with Gasteiger partial charge in [0.1, 0.15) is 24.0 Å². The number of benzene rings is 2. The number of ether oxygens (including phenoxy) is 1. The highest BCUT2D eigenvalue weighted by Gasteiger charge is 2.15. The molecule has 7 nitrogen and oxygen atoms in total. The first-order valence-corrected chi connectivity index (χ1v) is 10.2. The van der Waals surface area contributed by atoms with Gasteiger partial charge in [-0.25, -0.2) is 9.37 Å². The molecule has 166 valence electrons. The lowest BCUT2D eigenvalue weighted by molar-refractivity contribution is 0.102. The number of anilines is 3. The van der Waals surface area contributed by atoms with Gasteiger partial charge in [0.25, 0.3) is 5.91 Å². The Morgan fingerprint density at radius 1 is 1.03 bits per heavy atom. The van der Waals surface area contributed by atoms with Crippen molar-refractivity contribution in [2.24, 2.45) is 0 Å². The van der Waals surface area contributed by atoms with E-state index in [1.54, 1.807) is 54.7 Å². The van der Waals surface area contributed by atoms with Crippen molar-refractivity contribution >= 4 is 34.7 Å². The lowest BCUT2D eigenvalue weighted by Crippen LogP contribution is -2.14. The molecule has 0 radical (unpaired) electrons. The molecule has 0 saturated heterocycles. The highest BCUT2D eigenvalue weighted by molar-refractivity contribution is 6.30. The Morgan fingerprint density at radius 2 is 1.82 bits per heavy atom. The number of halogens is 2. The van der Waals surface area contributed by atoms with Gasteiger partial charge in [0.2, 0.25) is 0 Å². The van der Waals surface area contributed by atoms with Crippen molar-refractivity contribution in [3.63, 3.8) is 0 Å². The summed E-state index contributed by atoms with van der Waals surface area (Å²) in [5.41, 5.74) is 13.9. The lowest BCUT2D eigenvalue weighted by Gasteiger charge is -2.10. The molecular weight excluding hydrogens is 445 g/mol. The van der Waals surface area contributed by atoms with E-state index < -0.39 is 11.7 Å². The van der Waals surface area contributed by atoms with Gasteiger partial charge in [-0.3, -0.25) is 9.78 Å². The summed E-state index contributed by atoms with van der Waals surface area (Å²) in [5, 5.41) is 3.23. The third-order valence-electron chi connectivity index (χ3n) is 4.75. The molecule has 0 aliphatic rings. The fourth-order valence-corrected chi connectivity index (χ4v) is 3.10. The molecule has 0 aliphatic carbocycles. The van der Waals surface area contributed by atoms with E-state index in [1.807, 2.05) is 0 Å². The Kier molecular flexibility index (Phi) is 6.37. The van der Waals surface area contributed by atoms with Crippen LogP contribution in [0, 0.1) is 5.82 Å². The molecular formula is C24H19ClFN5O2. The van der Waals surface area contributed by atoms with Crippen LogP contribution in [0.2, 0.25) is 5.02 Å². The van der Waals surface area contributed by atoms with E-state index >= 15 is 0 Å². The summed E-state index contributed by atoms with van der Waals surface area (Å²) in [7, 11) is 0. The van der Waals surface area contributed by atoms with Gasteiger partial charge >= 0.3 is 0 Å². The molecule has 9 heteroatoms. The zero-order chi connectivity index (χ0) is 23.4. The summed E-state index contributed by atoms with van der Waals surface area (Å²) in [5.74, 6) is -0.506. The quantitative estimate of drug-likeness (QED) is 0.373. The largest absolute Gasteiger partial charge is 0.487 e. The van der Waals surface area contributed by atoms with Crippen LogP contribution in [0.1, 0.15) is 16.1 Å². The Bertz CT molecular complexity index is 1300. The van der Waals surface area contributed by atoms with Gasteiger partial charge < -0.3 is 21.5 Å². The second-order valence-electron chi connectivity index (χ2n) is 7.10. The van der Waals surface area contributed by atoms with Crippen molar-refractivity contribution in [3.8, 4) is 17.0 Å². The zero-order valence-electron chi connectivity index (χ0n) is 17.3. The number of amides is 1. The molecule has 2 aromatic heterocycles. The van der Waals surface area contributed by atoms with Gasteiger partial charge in [0, 0.05) is 17.4 Å². The molecule has 0 unspecified atom stereocenters. The second kappa shape index (κ2) is 9.54. The topological polar surface area (TPSA) is 116 Å². The van der Waals surface area contributed by atoms with E-state index in [4.69, 9.17) is 27.8 Å². The average molecular weight is 464 g/mol. The van der Waals surface area contributed by atoms with Crippen molar-refractivity contribution in [1.29, 1.82) is 0 Å². The molecule has 2 heterocycles. The number of nitrogen functional groups attached to an aromatic ring is 2. The van der Waals surface area contributed by atoms with Gasteiger partial charge in [-0.15, -0.1) is 0 Å². The van der Waals surface area contributed by atoms with E-state index in [0.29, 0.717) is 33.4 Å². The minimum Gasteiger partial charge on any atom is -0.487 e. The second-order valence-corrected chi connectivity index (χ2v) is 7.54. The summed E-state index contributed by atoms with van der Waals surface area (Å²) < 4.78 is 20.0. The van der Waals surface area contributed by atoms with Gasteiger partial charge in [-0.1, -0.05) is 11.6 Å². The number of pyridine rings is 2. The number of carbonyl (C=O) groups is 1. The van der Waals surface area contributed by atoms with Crippen LogP contribution in [0.5, 0.6) is 5.75 Å². The summed E-state index contributed by atoms with van der Waals surface area (Å²) in [4.78, 5) is 21.0. The van der Waals surface area contributed by atoms with E-state index in [0.717, 1.165) is 5.69 Å². The number of nitrogens with two attached hydrogens (primary N) is 2. The third kappa shape index (κ3) is 5.36. The maximum atomic E-state index is 14.4. The first-order chi connectivity index (χ1) is 15.9. The Labute approximate surface area is 194 Å². The fraction of sp³-hybridized carbons (Fsp3) is 0.0417. The number of nitrogens with one attached hydrogen (secondary N) is 1. The van der Waals surface area contributed by atoms with Crippen LogP contribution in [0.15, 0.2) is 72.9 Å². The molecule has 33 heavy (non-hydrogen) atoms. The zero-order valence-corrected chi connectivity index (χ0v) is 18.0. The van der Waals surface area contributed by atoms with Crippen LogP contribution in [0.4, 0.5) is 21.6 Å². The van der Waals surface area contributed by atoms with Crippen LogP contribution in [0.3, 0.4) is 0 Å². The van der Waals surface area contributed by atoms with Gasteiger partial charge in [0.05, 0.1) is 27.7 Å². The average Bonchev–Trinajstić information content (AvgIpc) is 2.82. The van der Waals surface area contributed by atoms with E-state index in [1.165, 1.54) is 18.2 Å². The molecule has 0 bridgehead atoms. The highest BCUT2D eigenvalue weighted by atomic mass is 35.5. The van der Waals surface area contributed by atoms with Crippen molar-refractivity contribution < 1.29 is 13.9 Å². The van der Waals surface area contributed by atoms with Gasteiger partial charge in [0.15, 0.2) is 0 Å². The summed E-state index contributed by atoms with van der Waals surface area (Å²) in [6.45, 7) is 0.268.